The van der Waals surface area contributed by atoms with Gasteiger partial charge in [-0.15, -0.1) is 0 Å². The molecule has 0 aromatic carbocycles. The topological polar surface area (TPSA) is 29.4 Å². The highest BCUT2D eigenvalue weighted by Crippen LogP contribution is 2.02. The Morgan fingerprint density at radius 3 is 2.94 bits per heavy atom. The monoisotopic (exact) mass is 239 g/mol. The maximum absolute atomic E-state index is 4.99. The molecule has 0 aliphatic carbocycles. The second-order valence-corrected chi connectivity index (χ2v) is 4.58. The molecule has 1 aromatic heterocycles. The van der Waals surface area contributed by atoms with Gasteiger partial charge in [-0.25, -0.2) is 0 Å². The van der Waals surface area contributed by atoms with E-state index >= 15 is 0 Å². The second-order valence-electron chi connectivity index (χ2n) is 4.58. The van der Waals surface area contributed by atoms with E-state index in [9.17, 15) is 0 Å². The minimum absolute atomic E-state index is 0.767. The first-order valence-corrected chi connectivity index (χ1v) is 6.21. The third-order valence-corrected chi connectivity index (χ3v) is 2.65. The van der Waals surface area contributed by atoms with Crippen molar-refractivity contribution in [2.45, 2.75) is 19.5 Å². The number of ether oxygens (including phenoxy) is 1. The number of hydrogen-bond acceptors (Lipinski definition) is 3. The lowest BCUT2D eigenvalue weighted by atomic mass is 10.3. The summed E-state index contributed by atoms with van der Waals surface area (Å²) >= 11 is 0. The lowest BCUT2D eigenvalue weighted by Gasteiger charge is -2.09. The van der Waals surface area contributed by atoms with Crippen LogP contribution in [0.25, 0.3) is 0 Å². The zero-order valence-corrected chi connectivity index (χ0v) is 11.3. The van der Waals surface area contributed by atoms with Gasteiger partial charge in [0, 0.05) is 39.1 Å². The van der Waals surface area contributed by atoms with Crippen LogP contribution in [0.5, 0.6) is 0 Å². The molecule has 0 amide bonds. The van der Waals surface area contributed by atoms with E-state index < -0.39 is 0 Å². The van der Waals surface area contributed by atoms with Gasteiger partial charge in [0.1, 0.15) is 0 Å². The van der Waals surface area contributed by atoms with Crippen LogP contribution in [-0.2, 0) is 17.8 Å². The molecule has 0 spiro atoms. The summed E-state index contributed by atoms with van der Waals surface area (Å²) in [5, 5.41) is 3.34. The summed E-state index contributed by atoms with van der Waals surface area (Å²) in [6.07, 6.45) is 5.57. The number of aromatic nitrogens is 1. The fourth-order valence-electron chi connectivity index (χ4n) is 1.71. The van der Waals surface area contributed by atoms with Crippen LogP contribution in [-0.4, -0.2) is 50.4 Å². The molecule has 0 radical (unpaired) electrons. The molecular formula is C13H25N3O. The van der Waals surface area contributed by atoms with Crippen LogP contribution < -0.4 is 5.32 Å². The smallest absolute Gasteiger partial charge is 0.0587 e. The van der Waals surface area contributed by atoms with E-state index in [0.717, 1.165) is 32.8 Å². The van der Waals surface area contributed by atoms with Gasteiger partial charge >= 0.3 is 0 Å². The van der Waals surface area contributed by atoms with Crippen LogP contribution in [0.3, 0.4) is 0 Å². The van der Waals surface area contributed by atoms with Crippen molar-refractivity contribution in [2.75, 3.05) is 40.9 Å². The van der Waals surface area contributed by atoms with Gasteiger partial charge in [0.15, 0.2) is 0 Å². The number of nitrogens with one attached hydrogen (secondary N) is 1. The Morgan fingerprint density at radius 1 is 1.41 bits per heavy atom. The lowest BCUT2D eigenvalue weighted by Crippen LogP contribution is -2.18. The quantitative estimate of drug-likeness (QED) is 0.656. The molecule has 1 N–H and O–H groups in total. The maximum Gasteiger partial charge on any atom is 0.0587 e. The number of hydrogen-bond donors (Lipinski definition) is 1. The van der Waals surface area contributed by atoms with E-state index in [1.54, 1.807) is 7.11 Å². The van der Waals surface area contributed by atoms with Crippen molar-refractivity contribution in [2.24, 2.45) is 0 Å². The Hall–Kier alpha value is -0.840. The van der Waals surface area contributed by atoms with Crippen LogP contribution in [0.15, 0.2) is 18.5 Å². The van der Waals surface area contributed by atoms with E-state index in [0.29, 0.717) is 0 Å². The minimum Gasteiger partial charge on any atom is -0.383 e. The Morgan fingerprint density at radius 2 is 2.24 bits per heavy atom. The summed E-state index contributed by atoms with van der Waals surface area (Å²) in [6.45, 7) is 4.83. The van der Waals surface area contributed by atoms with Gasteiger partial charge in [-0.3, -0.25) is 0 Å². The SMILES string of the molecule is COCCNCc1ccn(CCCN(C)C)c1. The molecule has 0 aliphatic heterocycles. The van der Waals surface area contributed by atoms with E-state index in [1.807, 2.05) is 0 Å². The number of aryl methyl sites for hydroxylation is 1. The first kappa shape index (κ1) is 14.2. The van der Waals surface area contributed by atoms with Gasteiger partial charge in [0.25, 0.3) is 0 Å². The highest BCUT2D eigenvalue weighted by atomic mass is 16.5. The van der Waals surface area contributed by atoms with Gasteiger partial charge in [0.05, 0.1) is 6.61 Å². The van der Waals surface area contributed by atoms with Gasteiger partial charge in [-0.1, -0.05) is 0 Å². The number of rotatable bonds is 9. The average molecular weight is 239 g/mol. The summed E-state index contributed by atoms with van der Waals surface area (Å²) < 4.78 is 7.25. The third kappa shape index (κ3) is 6.46. The number of nitrogens with zero attached hydrogens (tertiary/aromatic N) is 2. The van der Waals surface area contributed by atoms with Gasteiger partial charge in [-0.2, -0.15) is 0 Å². The molecule has 17 heavy (non-hydrogen) atoms. The van der Waals surface area contributed by atoms with Crippen molar-refractivity contribution in [3.63, 3.8) is 0 Å². The summed E-state index contributed by atoms with van der Waals surface area (Å²) in [5.74, 6) is 0. The molecule has 1 heterocycles. The zero-order valence-electron chi connectivity index (χ0n) is 11.3. The first-order chi connectivity index (χ1) is 8.22. The Kier molecular flexibility index (Phi) is 6.93. The summed E-state index contributed by atoms with van der Waals surface area (Å²) in [4.78, 5) is 2.22. The predicted octanol–water partition coefficient (Wildman–Crippen LogP) is 1.18. The highest BCUT2D eigenvalue weighted by molar-refractivity contribution is 5.09. The van der Waals surface area contributed by atoms with Crippen LogP contribution in [0.2, 0.25) is 0 Å². The summed E-state index contributed by atoms with van der Waals surface area (Å²) in [7, 11) is 5.95. The molecule has 0 saturated heterocycles. The standard InChI is InChI=1S/C13H25N3O/c1-15(2)7-4-8-16-9-5-13(12-16)11-14-6-10-17-3/h5,9,12,14H,4,6-8,10-11H2,1-3H3. The third-order valence-electron chi connectivity index (χ3n) is 2.65. The largest absolute Gasteiger partial charge is 0.383 e. The van der Waals surface area contributed by atoms with E-state index in [1.165, 1.54) is 12.0 Å². The van der Waals surface area contributed by atoms with Crippen molar-refractivity contribution in [1.82, 2.24) is 14.8 Å². The summed E-state index contributed by atoms with van der Waals surface area (Å²) in [5.41, 5.74) is 1.34. The predicted molar refractivity (Wildman–Crippen MR) is 71.2 cm³/mol. The molecule has 0 bridgehead atoms. The molecule has 1 aromatic rings. The minimum atomic E-state index is 0.767. The second kappa shape index (κ2) is 8.28. The molecule has 98 valence electrons. The van der Waals surface area contributed by atoms with Crippen molar-refractivity contribution >= 4 is 0 Å². The number of methoxy groups -OCH3 is 1. The molecule has 4 nitrogen and oxygen atoms in total. The van der Waals surface area contributed by atoms with Crippen molar-refractivity contribution in [3.8, 4) is 0 Å². The Bertz CT molecular complexity index is 297. The van der Waals surface area contributed by atoms with E-state index in [4.69, 9.17) is 4.74 Å². The molecule has 0 saturated carbocycles. The molecule has 0 unspecified atom stereocenters. The first-order valence-electron chi connectivity index (χ1n) is 6.21. The molecule has 0 fully saturated rings. The van der Waals surface area contributed by atoms with Gasteiger partial charge < -0.3 is 19.5 Å². The Labute approximate surface area is 105 Å². The molecule has 4 heteroatoms. The maximum atomic E-state index is 4.99. The van der Waals surface area contributed by atoms with Crippen LogP contribution in [0.4, 0.5) is 0 Å². The van der Waals surface area contributed by atoms with Crippen LogP contribution in [0, 0.1) is 0 Å². The van der Waals surface area contributed by atoms with E-state index in [2.05, 4.69) is 47.3 Å². The molecular weight excluding hydrogens is 214 g/mol. The van der Waals surface area contributed by atoms with Crippen molar-refractivity contribution < 1.29 is 4.74 Å². The molecule has 0 atom stereocenters. The Balaban J connectivity index is 2.18. The van der Waals surface area contributed by atoms with Crippen LogP contribution >= 0.6 is 0 Å². The fraction of sp³-hybridized carbons (Fsp3) is 0.692. The van der Waals surface area contributed by atoms with Crippen molar-refractivity contribution in [1.29, 1.82) is 0 Å². The van der Waals surface area contributed by atoms with Gasteiger partial charge in [-0.05, 0) is 38.7 Å². The van der Waals surface area contributed by atoms with E-state index in [-0.39, 0.29) is 0 Å². The summed E-state index contributed by atoms with van der Waals surface area (Å²) in [6, 6.07) is 2.18. The average Bonchev–Trinajstić information content (AvgIpc) is 2.72. The lowest BCUT2D eigenvalue weighted by molar-refractivity contribution is 0.199. The normalized spacial score (nSPS) is 11.3. The fourth-order valence-corrected chi connectivity index (χ4v) is 1.71. The van der Waals surface area contributed by atoms with Crippen molar-refractivity contribution in [3.05, 3.63) is 24.0 Å². The van der Waals surface area contributed by atoms with Gasteiger partial charge in [0.2, 0.25) is 0 Å². The van der Waals surface area contributed by atoms with Crippen LogP contribution in [0.1, 0.15) is 12.0 Å². The molecule has 0 aliphatic rings. The molecule has 1 rings (SSSR count). The highest BCUT2D eigenvalue weighted by Gasteiger charge is 1.97. The zero-order chi connectivity index (χ0) is 12.5.